The van der Waals surface area contributed by atoms with E-state index in [1.807, 2.05) is 12.1 Å². The lowest BCUT2D eigenvalue weighted by molar-refractivity contribution is -0.136. The van der Waals surface area contributed by atoms with E-state index in [0.29, 0.717) is 19.6 Å². The molecule has 6 nitrogen and oxygen atoms in total. The van der Waals surface area contributed by atoms with Gasteiger partial charge in [0, 0.05) is 25.7 Å². The molecular formula is C21H29N3O3. The molecule has 0 radical (unpaired) electrons. The molecule has 3 saturated heterocycles. The molecule has 3 aliphatic rings. The number of aryl methyl sites for hydroxylation is 1. The van der Waals surface area contributed by atoms with Gasteiger partial charge in [-0.2, -0.15) is 0 Å². The fourth-order valence-electron chi connectivity index (χ4n) is 4.85. The van der Waals surface area contributed by atoms with Crippen LogP contribution in [0.3, 0.4) is 0 Å². The highest BCUT2D eigenvalue weighted by Crippen LogP contribution is 2.37. The van der Waals surface area contributed by atoms with Gasteiger partial charge in [0.05, 0.1) is 0 Å². The molecule has 146 valence electrons. The van der Waals surface area contributed by atoms with E-state index < -0.39 is 5.54 Å². The number of hydrogen-bond acceptors (Lipinski definition) is 4. The molecule has 0 unspecified atom stereocenters. The maximum absolute atomic E-state index is 13.7. The van der Waals surface area contributed by atoms with Gasteiger partial charge in [-0.05, 0) is 62.7 Å². The van der Waals surface area contributed by atoms with E-state index in [1.165, 1.54) is 4.90 Å². The van der Waals surface area contributed by atoms with E-state index >= 15 is 0 Å². The zero-order valence-corrected chi connectivity index (χ0v) is 16.0. The van der Waals surface area contributed by atoms with E-state index in [9.17, 15) is 9.59 Å². The van der Waals surface area contributed by atoms with E-state index in [-0.39, 0.29) is 23.9 Å². The molecule has 1 aromatic carbocycles. The van der Waals surface area contributed by atoms with Crippen LogP contribution in [-0.2, 0) is 16.0 Å². The standard InChI is InChI=1S/C21H29N3O3/c1-15-4-2-3-5-16(15)14-21(17-6-10-22-11-7-17)19(25)24(20(26)23-21)18-8-12-27-13-9-18/h2-5,17-18,22H,6-14H2,1H3,(H,23,26)/t21-/m1/s1. The predicted molar refractivity (Wildman–Crippen MR) is 102 cm³/mol. The molecule has 3 heterocycles. The van der Waals surface area contributed by atoms with Crippen molar-refractivity contribution < 1.29 is 14.3 Å². The van der Waals surface area contributed by atoms with E-state index in [0.717, 1.165) is 49.9 Å². The number of rotatable bonds is 4. The Bertz CT molecular complexity index is 710. The number of carbonyl (C=O) groups excluding carboxylic acids is 2. The summed E-state index contributed by atoms with van der Waals surface area (Å²) < 4.78 is 5.43. The first kappa shape index (κ1) is 18.4. The number of hydrogen-bond donors (Lipinski definition) is 2. The van der Waals surface area contributed by atoms with E-state index in [2.05, 4.69) is 29.7 Å². The zero-order chi connectivity index (χ0) is 18.9. The third kappa shape index (κ3) is 3.36. The van der Waals surface area contributed by atoms with Gasteiger partial charge in [0.2, 0.25) is 0 Å². The number of carbonyl (C=O) groups is 2. The van der Waals surface area contributed by atoms with Crippen LogP contribution >= 0.6 is 0 Å². The van der Waals surface area contributed by atoms with Gasteiger partial charge in [-0.15, -0.1) is 0 Å². The third-order valence-corrected chi connectivity index (χ3v) is 6.47. The van der Waals surface area contributed by atoms with E-state index in [4.69, 9.17) is 4.74 Å². The van der Waals surface area contributed by atoms with Gasteiger partial charge in [-0.3, -0.25) is 9.69 Å². The van der Waals surface area contributed by atoms with Gasteiger partial charge in [0.25, 0.3) is 5.91 Å². The van der Waals surface area contributed by atoms with E-state index in [1.54, 1.807) is 0 Å². The quantitative estimate of drug-likeness (QED) is 0.795. The summed E-state index contributed by atoms with van der Waals surface area (Å²) in [7, 11) is 0. The van der Waals surface area contributed by atoms with Gasteiger partial charge < -0.3 is 15.4 Å². The molecule has 6 heteroatoms. The van der Waals surface area contributed by atoms with Crippen molar-refractivity contribution in [3.05, 3.63) is 35.4 Å². The van der Waals surface area contributed by atoms with Crippen molar-refractivity contribution in [2.45, 2.75) is 50.6 Å². The smallest absolute Gasteiger partial charge is 0.325 e. The topological polar surface area (TPSA) is 70.7 Å². The van der Waals surface area contributed by atoms with Crippen LogP contribution in [-0.4, -0.2) is 54.7 Å². The molecule has 0 aromatic heterocycles. The number of ether oxygens (including phenoxy) is 1. The molecule has 0 saturated carbocycles. The van der Waals surface area contributed by atoms with Crippen LogP contribution in [0, 0.1) is 12.8 Å². The first-order chi connectivity index (χ1) is 13.1. The molecular weight excluding hydrogens is 342 g/mol. The van der Waals surface area contributed by atoms with Crippen LogP contribution < -0.4 is 10.6 Å². The second-order valence-electron chi connectivity index (χ2n) is 8.05. The largest absolute Gasteiger partial charge is 0.381 e. The van der Waals surface area contributed by atoms with Crippen LogP contribution in [0.5, 0.6) is 0 Å². The summed E-state index contributed by atoms with van der Waals surface area (Å²) in [4.78, 5) is 28.2. The minimum Gasteiger partial charge on any atom is -0.381 e. The van der Waals surface area contributed by atoms with Crippen LogP contribution in [0.2, 0.25) is 0 Å². The average molecular weight is 371 g/mol. The summed E-state index contributed by atoms with van der Waals surface area (Å²) in [5.41, 5.74) is 1.47. The normalized spacial score (nSPS) is 27.8. The molecule has 0 spiro atoms. The highest BCUT2D eigenvalue weighted by atomic mass is 16.5. The van der Waals surface area contributed by atoms with Crippen molar-refractivity contribution in [2.24, 2.45) is 5.92 Å². The van der Waals surface area contributed by atoms with Crippen LogP contribution in [0.1, 0.15) is 36.8 Å². The van der Waals surface area contributed by atoms with Gasteiger partial charge in [0.1, 0.15) is 5.54 Å². The molecule has 3 fully saturated rings. The predicted octanol–water partition coefficient (Wildman–Crippen LogP) is 2.01. The fourth-order valence-corrected chi connectivity index (χ4v) is 4.85. The Labute approximate surface area is 160 Å². The van der Waals surface area contributed by atoms with Crippen molar-refractivity contribution in [1.29, 1.82) is 0 Å². The van der Waals surface area contributed by atoms with Gasteiger partial charge in [-0.25, -0.2) is 4.79 Å². The number of benzene rings is 1. The van der Waals surface area contributed by atoms with Crippen molar-refractivity contribution >= 4 is 11.9 Å². The summed E-state index contributed by atoms with van der Waals surface area (Å²) in [5, 5.41) is 6.56. The molecule has 4 rings (SSSR count). The average Bonchev–Trinajstić information content (AvgIpc) is 2.95. The maximum Gasteiger partial charge on any atom is 0.325 e. The molecule has 0 aliphatic carbocycles. The number of urea groups is 1. The Morgan fingerprint density at radius 3 is 2.52 bits per heavy atom. The molecule has 2 N–H and O–H groups in total. The highest BCUT2D eigenvalue weighted by molar-refractivity contribution is 6.07. The minimum absolute atomic E-state index is 0.0328. The first-order valence-corrected chi connectivity index (χ1v) is 10.1. The molecule has 27 heavy (non-hydrogen) atoms. The second-order valence-corrected chi connectivity index (χ2v) is 8.05. The lowest BCUT2D eigenvalue weighted by Gasteiger charge is -2.39. The fraction of sp³-hybridized carbons (Fsp3) is 0.619. The Balaban J connectivity index is 1.68. The second kappa shape index (κ2) is 7.60. The molecule has 1 atom stereocenters. The summed E-state index contributed by atoms with van der Waals surface area (Å²) in [6.07, 6.45) is 3.82. The summed E-state index contributed by atoms with van der Waals surface area (Å²) in [6, 6.07) is 7.90. The summed E-state index contributed by atoms with van der Waals surface area (Å²) in [5.74, 6) is 0.120. The molecule has 0 bridgehead atoms. The lowest BCUT2D eigenvalue weighted by Crippen LogP contribution is -2.57. The van der Waals surface area contributed by atoms with Gasteiger partial charge >= 0.3 is 6.03 Å². The Morgan fingerprint density at radius 2 is 1.81 bits per heavy atom. The van der Waals surface area contributed by atoms with Crippen molar-refractivity contribution in [1.82, 2.24) is 15.5 Å². The maximum atomic E-state index is 13.7. The number of piperidine rings is 1. The van der Waals surface area contributed by atoms with Crippen LogP contribution in [0.4, 0.5) is 4.79 Å². The van der Waals surface area contributed by atoms with Gasteiger partial charge in [0.15, 0.2) is 0 Å². The Kier molecular flexibility index (Phi) is 5.19. The SMILES string of the molecule is Cc1ccccc1C[C@]1(C2CCNCC2)NC(=O)N(C2CCOCC2)C1=O. The lowest BCUT2D eigenvalue weighted by atomic mass is 9.73. The Morgan fingerprint density at radius 1 is 1.11 bits per heavy atom. The number of nitrogens with one attached hydrogen (secondary N) is 2. The van der Waals surface area contributed by atoms with Crippen molar-refractivity contribution in [3.8, 4) is 0 Å². The molecule has 3 amide bonds. The number of amides is 3. The zero-order valence-electron chi connectivity index (χ0n) is 16.0. The number of imide groups is 1. The first-order valence-electron chi connectivity index (χ1n) is 10.1. The Hall–Kier alpha value is -1.92. The summed E-state index contributed by atoms with van der Waals surface area (Å²) in [6.45, 7) is 5.07. The van der Waals surface area contributed by atoms with Crippen molar-refractivity contribution in [2.75, 3.05) is 26.3 Å². The molecule has 3 aliphatic heterocycles. The molecule has 1 aromatic rings. The van der Waals surface area contributed by atoms with Crippen molar-refractivity contribution in [3.63, 3.8) is 0 Å². The monoisotopic (exact) mass is 371 g/mol. The minimum atomic E-state index is -0.830. The third-order valence-electron chi connectivity index (χ3n) is 6.47. The van der Waals surface area contributed by atoms with Crippen LogP contribution in [0.15, 0.2) is 24.3 Å². The van der Waals surface area contributed by atoms with Crippen LogP contribution in [0.25, 0.3) is 0 Å². The summed E-state index contributed by atoms with van der Waals surface area (Å²) >= 11 is 0. The highest BCUT2D eigenvalue weighted by Gasteiger charge is 2.57. The number of nitrogens with zero attached hydrogens (tertiary/aromatic N) is 1. The van der Waals surface area contributed by atoms with Gasteiger partial charge in [-0.1, -0.05) is 24.3 Å².